The fraction of sp³-hybridized carbons (Fsp3) is 0.541. The minimum Gasteiger partial charge on any atom is -0.497 e. The number of likely N-dealkylation sites (N-methyl/N-ethyl adjacent to an activating group) is 1. The summed E-state index contributed by atoms with van der Waals surface area (Å²) in [6.45, 7) is 9.80. The number of carbonyl (C=O) groups excluding carboxylic acids is 10. The molecule has 0 aromatic heterocycles. The first-order valence-corrected chi connectivity index (χ1v) is 29.7. The van der Waals surface area contributed by atoms with Crippen molar-refractivity contribution in [2.45, 2.75) is 159 Å². The van der Waals surface area contributed by atoms with Gasteiger partial charge in [0.1, 0.15) is 64.8 Å². The van der Waals surface area contributed by atoms with Gasteiger partial charge >= 0.3 is 24.1 Å². The van der Waals surface area contributed by atoms with Gasteiger partial charge in [0.2, 0.25) is 11.8 Å². The lowest BCUT2D eigenvalue weighted by atomic mass is 9.83. The Hall–Kier alpha value is -8.31. The van der Waals surface area contributed by atoms with Crippen LogP contribution in [0.15, 0.2) is 66.3 Å². The van der Waals surface area contributed by atoms with Crippen LogP contribution in [0, 0.1) is 11.8 Å². The summed E-state index contributed by atoms with van der Waals surface area (Å²) in [6, 6.07) is 2.63. The zero-order valence-corrected chi connectivity index (χ0v) is 53.0. The summed E-state index contributed by atoms with van der Waals surface area (Å²) in [5.41, 5.74) is 3.64. The van der Waals surface area contributed by atoms with Crippen LogP contribution in [0.5, 0.6) is 11.5 Å². The molecule has 6 rings (SSSR count). The number of nitrogens with zero attached hydrogens (tertiary/aromatic N) is 3. The number of allylic oxidation sites excluding steroid dienone is 3. The maximum absolute atomic E-state index is 14.7. The van der Waals surface area contributed by atoms with Crippen LogP contribution in [-0.2, 0) is 63.8 Å². The van der Waals surface area contributed by atoms with E-state index in [-0.39, 0.29) is 79.9 Å². The number of amides is 9. The van der Waals surface area contributed by atoms with Crippen molar-refractivity contribution in [3.8, 4) is 11.5 Å². The normalized spacial score (nSPS) is 25.4. The highest BCUT2D eigenvalue weighted by Crippen LogP contribution is 2.50. The Labute approximate surface area is 526 Å². The van der Waals surface area contributed by atoms with Gasteiger partial charge in [0, 0.05) is 78.3 Å². The molecule has 0 radical (unpaired) electrons. The van der Waals surface area contributed by atoms with E-state index in [1.165, 1.54) is 70.6 Å². The van der Waals surface area contributed by atoms with E-state index in [1.807, 2.05) is 13.0 Å². The van der Waals surface area contributed by atoms with E-state index in [0.29, 0.717) is 22.9 Å². The molecule has 9 N–H and O–H groups in total. The Morgan fingerprint density at radius 3 is 2.31 bits per heavy atom. The van der Waals surface area contributed by atoms with Crippen molar-refractivity contribution in [3.63, 3.8) is 0 Å². The minimum atomic E-state index is -1.94. The Balaban J connectivity index is 1.22. The van der Waals surface area contributed by atoms with E-state index in [1.54, 1.807) is 59.0 Å². The molecule has 28 nitrogen and oxygen atoms in total. The number of nitrogens with two attached hydrogens (primary N) is 1. The molecule has 29 heteroatoms. The molecule has 90 heavy (non-hydrogen) atoms. The second-order valence-corrected chi connectivity index (χ2v) is 23.5. The number of primary amides is 1. The summed E-state index contributed by atoms with van der Waals surface area (Å²) in [6.07, 6.45) is 1.04. The van der Waals surface area contributed by atoms with Crippen LogP contribution in [0.25, 0.3) is 0 Å². The number of carbonyl (C=O) groups is 10. The summed E-state index contributed by atoms with van der Waals surface area (Å²) in [4.78, 5) is 139. The number of benzene rings is 2. The summed E-state index contributed by atoms with van der Waals surface area (Å²) in [5.74, 6) is -6.87. The second-order valence-electron chi connectivity index (χ2n) is 23.1. The molecule has 4 aliphatic rings. The summed E-state index contributed by atoms with van der Waals surface area (Å²) >= 11 is 6.91. The number of aliphatic hydroxyl groups excluding tert-OH is 1. The maximum atomic E-state index is 14.7. The monoisotopic (exact) mass is 1280 g/mol. The van der Waals surface area contributed by atoms with Gasteiger partial charge in [-0.3, -0.25) is 34.1 Å². The van der Waals surface area contributed by atoms with E-state index in [2.05, 4.69) is 26.6 Å². The van der Waals surface area contributed by atoms with Crippen molar-refractivity contribution in [2.75, 3.05) is 52.2 Å². The molecule has 0 aliphatic carbocycles. The van der Waals surface area contributed by atoms with Crippen LogP contribution in [-0.4, -0.2) is 182 Å². The number of rotatable bonds is 22. The standard InChI is InChI=1S/C61H82ClN9O19/c1-32(2)52(67-46(72)19-12-13-20-50(76)90-71-47(73)23-24-48(71)74)55(78)65-39(17-15-25-64-58(63)81)54(77)66-40-29-37(84-9)21-22-38(40)56(79)69(7)35(5)57(80)88-45-30-49(75)70(8)41-27-36(28-42(85-10)51(41)62)26-33(3)16-14-18-44(86-11)61(83)31-43(87-59(82)68-61)34(4)53-60(45,6)89-53/h14-18,21-22,27-29,32,34-35,39,43-45,49,52-53,75,83H,12-13,19-20,23-26,30-31H2,1-11H3,(H,65,78)(H,66,77)(H,67,72)(H,68,82)(H3,63,64,81)/b17-15+,18-14+,33-16+/t34-,35+,39+,43+,44-,45+,49?,52+,53+,60+,61+/m1/s1. The zero-order chi connectivity index (χ0) is 66.5. The number of ether oxygens (including phenoxy) is 6. The fourth-order valence-corrected chi connectivity index (χ4v) is 10.9. The number of alkyl carbamates (subject to hydrolysis) is 1. The highest BCUT2D eigenvalue weighted by Gasteiger charge is 2.64. The van der Waals surface area contributed by atoms with Crippen LogP contribution < -0.4 is 46.7 Å². The van der Waals surface area contributed by atoms with E-state index in [9.17, 15) is 58.2 Å². The quantitative estimate of drug-likeness (QED) is 0.0274. The molecular weight excluding hydrogens is 1200 g/mol. The molecule has 4 bridgehead atoms. The molecule has 1 unspecified atom stereocenters. The molecule has 4 aliphatic heterocycles. The number of fused-ring (bicyclic) bond motifs is 5. The van der Waals surface area contributed by atoms with Crippen LogP contribution in [0.2, 0.25) is 5.02 Å². The molecular formula is C61H82ClN9O19. The third-order valence-corrected chi connectivity index (χ3v) is 16.5. The number of epoxide rings is 1. The number of hydrogen-bond acceptors (Lipinski definition) is 20. The van der Waals surface area contributed by atoms with Crippen molar-refractivity contribution in [2.24, 2.45) is 17.6 Å². The lowest BCUT2D eigenvalue weighted by Gasteiger charge is -2.42. The molecule has 2 aromatic carbocycles. The molecule has 0 saturated carbocycles. The predicted octanol–water partition coefficient (Wildman–Crippen LogP) is 3.58. The first kappa shape index (κ1) is 70.8. The van der Waals surface area contributed by atoms with Gasteiger partial charge in [-0.05, 0) is 75.8 Å². The average molecular weight is 1280 g/mol. The van der Waals surface area contributed by atoms with Crippen molar-refractivity contribution < 1.29 is 91.4 Å². The fourth-order valence-electron chi connectivity index (χ4n) is 10.6. The number of imide groups is 1. The van der Waals surface area contributed by atoms with Crippen LogP contribution in [0.4, 0.5) is 21.0 Å². The number of halogens is 1. The van der Waals surface area contributed by atoms with Crippen molar-refractivity contribution >= 4 is 82.5 Å². The Bertz CT molecular complexity index is 3120. The van der Waals surface area contributed by atoms with E-state index in [0.717, 1.165) is 16.0 Å². The Morgan fingerprint density at radius 1 is 0.978 bits per heavy atom. The number of esters is 1. The zero-order valence-electron chi connectivity index (χ0n) is 52.2. The number of hydrogen-bond donors (Lipinski definition) is 8. The number of anilines is 2. The topological polar surface area (TPSA) is 375 Å². The highest BCUT2D eigenvalue weighted by molar-refractivity contribution is 6.34. The van der Waals surface area contributed by atoms with Crippen molar-refractivity contribution in [1.82, 2.24) is 31.2 Å². The van der Waals surface area contributed by atoms with Crippen LogP contribution >= 0.6 is 11.6 Å². The molecule has 3 saturated heterocycles. The van der Waals surface area contributed by atoms with Gasteiger partial charge in [-0.1, -0.05) is 68.3 Å². The van der Waals surface area contributed by atoms with Gasteiger partial charge in [0.15, 0.2) is 5.72 Å². The van der Waals surface area contributed by atoms with Gasteiger partial charge in [-0.2, -0.15) is 0 Å². The van der Waals surface area contributed by atoms with Crippen molar-refractivity contribution in [3.05, 3.63) is 82.4 Å². The molecule has 4 heterocycles. The molecule has 492 valence electrons. The number of methoxy groups -OCH3 is 3. The van der Waals surface area contributed by atoms with Crippen LogP contribution in [0.1, 0.15) is 109 Å². The lowest BCUT2D eigenvalue weighted by molar-refractivity contribution is -0.197. The molecule has 9 amide bonds. The van der Waals surface area contributed by atoms with Gasteiger partial charge in [-0.25, -0.2) is 19.2 Å². The SMILES string of the molecule is COc1ccc(C(=O)N(C)[C@@H](C)C(=O)O[C@H]2CC(O)N(C)c3cc(cc(OC)c3Cl)C/C(C)=C/C=C/[C@@H](OC)[C@@]3(O)C[C@H](OC(=O)N3)[C@@H](C)[C@@H]3O[C@@]23C)c(NC(=O)[C@H](/C=C/CNC(N)=O)NC(=O)[C@@H](NC(=O)CCCCC(=O)ON2C(=O)CCC2=O)C(C)C)c1. The van der Waals surface area contributed by atoms with Gasteiger partial charge < -0.3 is 80.3 Å². The third kappa shape index (κ3) is 17.8. The number of hydroxylamine groups is 2. The third-order valence-electron chi connectivity index (χ3n) is 16.1. The first-order valence-electron chi connectivity index (χ1n) is 29.3. The Kier molecular flexibility index (Phi) is 24.3. The maximum Gasteiger partial charge on any atom is 0.409 e. The first-order chi connectivity index (χ1) is 42.4. The highest BCUT2D eigenvalue weighted by atomic mass is 35.5. The summed E-state index contributed by atoms with van der Waals surface area (Å²) < 4.78 is 35.2. The van der Waals surface area contributed by atoms with Gasteiger partial charge in [-0.15, -0.1) is 5.06 Å². The van der Waals surface area contributed by atoms with Crippen molar-refractivity contribution in [1.29, 1.82) is 0 Å². The smallest absolute Gasteiger partial charge is 0.409 e. The lowest BCUT2D eigenvalue weighted by Crippen LogP contribution is -2.63. The molecule has 2 aromatic rings. The Morgan fingerprint density at radius 2 is 1.67 bits per heavy atom. The average Bonchev–Trinajstić information content (AvgIpc) is 1.58. The molecule has 11 atom stereocenters. The largest absolute Gasteiger partial charge is 0.497 e. The molecule has 0 spiro atoms. The van der Waals surface area contributed by atoms with E-state index < -0.39 is 131 Å². The summed E-state index contributed by atoms with van der Waals surface area (Å²) in [5, 5.41) is 37.5. The van der Waals surface area contributed by atoms with Gasteiger partial charge in [0.25, 0.3) is 23.6 Å². The number of aliphatic hydroxyl groups is 2. The minimum absolute atomic E-state index is 0.0680. The van der Waals surface area contributed by atoms with Gasteiger partial charge in [0.05, 0.1) is 37.3 Å². The number of unbranched alkanes of at least 4 members (excludes halogenated alkanes) is 1. The molecule has 3 fully saturated rings. The van der Waals surface area contributed by atoms with E-state index >= 15 is 0 Å². The predicted molar refractivity (Wildman–Crippen MR) is 324 cm³/mol. The van der Waals surface area contributed by atoms with E-state index in [4.69, 9.17) is 50.6 Å². The number of nitrogens with one attached hydrogen (secondary N) is 5. The summed E-state index contributed by atoms with van der Waals surface area (Å²) in [7, 11) is 7.11. The number of urea groups is 1. The van der Waals surface area contributed by atoms with Crippen LogP contribution in [0.3, 0.4) is 0 Å². The second kappa shape index (κ2) is 30.9.